The molecule has 2 aliphatic rings. The highest BCUT2D eigenvalue weighted by Crippen LogP contribution is 2.15. The minimum absolute atomic E-state index is 0.102. The van der Waals surface area contributed by atoms with E-state index in [1.165, 1.54) is 12.8 Å². The third-order valence-electron chi connectivity index (χ3n) is 4.30. The van der Waals surface area contributed by atoms with Crippen LogP contribution >= 0.6 is 0 Å². The molecule has 1 atom stereocenters. The normalized spacial score (nSPS) is 23.1. The van der Waals surface area contributed by atoms with Crippen molar-refractivity contribution in [3.8, 4) is 0 Å². The third kappa shape index (κ3) is 3.68. The van der Waals surface area contributed by atoms with E-state index in [1.807, 2.05) is 6.07 Å². The van der Waals surface area contributed by atoms with E-state index in [2.05, 4.69) is 15.5 Å². The van der Waals surface area contributed by atoms with Gasteiger partial charge >= 0.3 is 0 Å². The summed E-state index contributed by atoms with van der Waals surface area (Å²) in [5.41, 5.74) is 0. The van der Waals surface area contributed by atoms with Crippen molar-refractivity contribution >= 4 is 11.8 Å². The number of carbonyl (C=O) groups excluding carboxylic acids is 2. The van der Waals surface area contributed by atoms with Gasteiger partial charge in [0.1, 0.15) is 11.8 Å². The number of amides is 2. The van der Waals surface area contributed by atoms with Crippen molar-refractivity contribution in [1.29, 1.82) is 0 Å². The van der Waals surface area contributed by atoms with Crippen molar-refractivity contribution in [3.05, 3.63) is 23.7 Å². The molecule has 3 heterocycles. The quantitative estimate of drug-likeness (QED) is 0.878. The van der Waals surface area contributed by atoms with Crippen molar-refractivity contribution < 1.29 is 14.0 Å². The highest BCUT2D eigenvalue weighted by atomic mass is 16.4. The van der Waals surface area contributed by atoms with Crippen LogP contribution in [-0.4, -0.2) is 42.4 Å². The van der Waals surface area contributed by atoms with Gasteiger partial charge in [-0.05, 0) is 57.3 Å². The van der Waals surface area contributed by atoms with E-state index in [0.717, 1.165) is 38.2 Å². The van der Waals surface area contributed by atoms with Crippen LogP contribution < -0.4 is 10.6 Å². The molecule has 22 heavy (non-hydrogen) atoms. The summed E-state index contributed by atoms with van der Waals surface area (Å²) < 4.78 is 5.63. The fraction of sp³-hybridized carbons (Fsp3) is 0.625. The van der Waals surface area contributed by atoms with E-state index < -0.39 is 6.04 Å². The number of nitrogens with zero attached hydrogens (tertiary/aromatic N) is 1. The number of carbonyl (C=O) groups is 2. The molecule has 0 aromatic carbocycles. The SMILES string of the molecule is O=C(NC1CCCCNC1=O)c1ccc(CN2CCCC2)o1. The van der Waals surface area contributed by atoms with Gasteiger partial charge in [-0.15, -0.1) is 0 Å². The van der Waals surface area contributed by atoms with Crippen molar-refractivity contribution in [2.24, 2.45) is 0 Å². The van der Waals surface area contributed by atoms with Gasteiger partial charge in [0.25, 0.3) is 5.91 Å². The molecule has 2 fully saturated rings. The fourth-order valence-corrected chi connectivity index (χ4v) is 3.05. The second-order valence-corrected chi connectivity index (χ2v) is 6.06. The zero-order valence-electron chi connectivity index (χ0n) is 12.8. The minimum atomic E-state index is -0.456. The third-order valence-corrected chi connectivity index (χ3v) is 4.30. The molecule has 0 bridgehead atoms. The highest BCUT2D eigenvalue weighted by molar-refractivity contribution is 5.95. The summed E-state index contributed by atoms with van der Waals surface area (Å²) >= 11 is 0. The number of furan rings is 1. The van der Waals surface area contributed by atoms with Gasteiger partial charge in [-0.2, -0.15) is 0 Å². The summed E-state index contributed by atoms with van der Waals surface area (Å²) in [6.07, 6.45) is 5.02. The van der Waals surface area contributed by atoms with E-state index in [0.29, 0.717) is 13.0 Å². The zero-order chi connectivity index (χ0) is 15.4. The molecule has 0 radical (unpaired) electrons. The largest absolute Gasteiger partial charge is 0.455 e. The molecule has 2 aliphatic heterocycles. The Balaban J connectivity index is 1.57. The van der Waals surface area contributed by atoms with Crippen LogP contribution in [0.4, 0.5) is 0 Å². The van der Waals surface area contributed by atoms with Gasteiger partial charge in [0, 0.05) is 6.54 Å². The van der Waals surface area contributed by atoms with Crippen molar-refractivity contribution in [2.75, 3.05) is 19.6 Å². The van der Waals surface area contributed by atoms with Crippen molar-refractivity contribution in [2.45, 2.75) is 44.7 Å². The first-order valence-corrected chi connectivity index (χ1v) is 8.12. The monoisotopic (exact) mass is 305 g/mol. The molecule has 3 rings (SSSR count). The maximum Gasteiger partial charge on any atom is 0.287 e. The molecule has 0 saturated carbocycles. The predicted molar refractivity (Wildman–Crippen MR) is 81.3 cm³/mol. The average Bonchev–Trinajstić information content (AvgIpc) is 3.14. The van der Waals surface area contributed by atoms with Gasteiger partial charge in [-0.1, -0.05) is 0 Å². The summed E-state index contributed by atoms with van der Waals surface area (Å²) in [5, 5.41) is 5.59. The van der Waals surface area contributed by atoms with Gasteiger partial charge in [0.2, 0.25) is 5.91 Å². The smallest absolute Gasteiger partial charge is 0.287 e. The van der Waals surface area contributed by atoms with Gasteiger partial charge in [0.05, 0.1) is 6.54 Å². The second kappa shape index (κ2) is 6.96. The molecule has 120 valence electrons. The Labute approximate surface area is 130 Å². The Hall–Kier alpha value is -1.82. The van der Waals surface area contributed by atoms with Crippen LogP contribution in [0.5, 0.6) is 0 Å². The average molecular weight is 305 g/mol. The molecular formula is C16H23N3O3. The first-order valence-electron chi connectivity index (χ1n) is 8.12. The van der Waals surface area contributed by atoms with Crippen LogP contribution in [0.15, 0.2) is 16.5 Å². The maximum absolute atomic E-state index is 12.2. The number of rotatable bonds is 4. The Morgan fingerprint density at radius 3 is 2.91 bits per heavy atom. The minimum Gasteiger partial charge on any atom is -0.455 e. The van der Waals surface area contributed by atoms with E-state index in [9.17, 15) is 9.59 Å². The molecule has 2 N–H and O–H groups in total. The van der Waals surface area contributed by atoms with Crippen LogP contribution in [0.25, 0.3) is 0 Å². The van der Waals surface area contributed by atoms with Crippen molar-refractivity contribution in [3.63, 3.8) is 0 Å². The van der Waals surface area contributed by atoms with Crippen LogP contribution in [0, 0.1) is 0 Å². The number of hydrogen-bond acceptors (Lipinski definition) is 4. The first-order chi connectivity index (χ1) is 10.7. The summed E-state index contributed by atoms with van der Waals surface area (Å²) in [5.74, 6) is 0.674. The second-order valence-electron chi connectivity index (χ2n) is 6.06. The molecular weight excluding hydrogens is 282 g/mol. The van der Waals surface area contributed by atoms with E-state index in [1.54, 1.807) is 6.07 Å². The molecule has 0 spiro atoms. The summed E-state index contributed by atoms with van der Waals surface area (Å²) in [6, 6.07) is 3.08. The Morgan fingerprint density at radius 2 is 2.09 bits per heavy atom. The van der Waals surface area contributed by atoms with Gasteiger partial charge in [0.15, 0.2) is 5.76 Å². The lowest BCUT2D eigenvalue weighted by Gasteiger charge is -2.14. The van der Waals surface area contributed by atoms with E-state index in [4.69, 9.17) is 4.42 Å². The van der Waals surface area contributed by atoms with Gasteiger partial charge in [-0.3, -0.25) is 14.5 Å². The summed E-state index contributed by atoms with van der Waals surface area (Å²) in [6.45, 7) is 3.61. The van der Waals surface area contributed by atoms with Crippen LogP contribution in [0.1, 0.15) is 48.4 Å². The number of nitrogens with one attached hydrogen (secondary N) is 2. The topological polar surface area (TPSA) is 74.6 Å². The standard InChI is InChI=1S/C16H23N3O3/c20-15-13(5-1-2-8-17-15)18-16(21)14-7-6-12(22-14)11-19-9-3-4-10-19/h6-7,13H,1-5,8-11H2,(H,17,20)(H,18,21). The molecule has 6 nitrogen and oxygen atoms in total. The number of hydrogen-bond donors (Lipinski definition) is 2. The molecule has 1 aromatic heterocycles. The lowest BCUT2D eigenvalue weighted by atomic mass is 10.1. The summed E-state index contributed by atoms with van der Waals surface area (Å²) in [4.78, 5) is 26.4. The van der Waals surface area contributed by atoms with Crippen LogP contribution in [0.3, 0.4) is 0 Å². The van der Waals surface area contributed by atoms with Gasteiger partial charge < -0.3 is 15.1 Å². The van der Waals surface area contributed by atoms with Crippen LogP contribution in [-0.2, 0) is 11.3 Å². The molecule has 1 unspecified atom stereocenters. The van der Waals surface area contributed by atoms with Crippen molar-refractivity contribution in [1.82, 2.24) is 15.5 Å². The summed E-state index contributed by atoms with van der Waals surface area (Å²) in [7, 11) is 0. The van der Waals surface area contributed by atoms with Gasteiger partial charge in [-0.25, -0.2) is 0 Å². The lowest BCUT2D eigenvalue weighted by molar-refractivity contribution is -0.122. The fourth-order valence-electron chi connectivity index (χ4n) is 3.05. The predicted octanol–water partition coefficient (Wildman–Crippen LogP) is 1.27. The first kappa shape index (κ1) is 15.1. The number of likely N-dealkylation sites (tertiary alicyclic amines) is 1. The highest BCUT2D eigenvalue weighted by Gasteiger charge is 2.24. The molecule has 2 amide bonds. The van der Waals surface area contributed by atoms with E-state index in [-0.39, 0.29) is 17.6 Å². The Kier molecular flexibility index (Phi) is 4.77. The maximum atomic E-state index is 12.2. The molecule has 0 aliphatic carbocycles. The van der Waals surface area contributed by atoms with E-state index >= 15 is 0 Å². The lowest BCUT2D eigenvalue weighted by Crippen LogP contribution is -2.45. The molecule has 2 saturated heterocycles. The zero-order valence-corrected chi connectivity index (χ0v) is 12.8. The Bertz CT molecular complexity index is 534. The Morgan fingerprint density at radius 1 is 1.27 bits per heavy atom. The van der Waals surface area contributed by atoms with Crippen LogP contribution in [0.2, 0.25) is 0 Å². The molecule has 6 heteroatoms. The molecule has 1 aromatic rings.